The number of ketones is 1. The van der Waals surface area contributed by atoms with Gasteiger partial charge in [-0.1, -0.05) is 19.1 Å². The number of aryl methyl sites for hydroxylation is 2. The molecule has 1 heterocycles. The van der Waals surface area contributed by atoms with Crippen molar-refractivity contribution in [3.63, 3.8) is 0 Å². The summed E-state index contributed by atoms with van der Waals surface area (Å²) in [5, 5.41) is 4.26. The Kier molecular flexibility index (Phi) is 4.56. The second-order valence-electron chi connectivity index (χ2n) is 4.88. The first-order chi connectivity index (χ1) is 9.60. The fourth-order valence-electron chi connectivity index (χ4n) is 2.08. The van der Waals surface area contributed by atoms with E-state index in [1.165, 1.54) is 0 Å². The van der Waals surface area contributed by atoms with Crippen molar-refractivity contribution in [3.8, 4) is 5.75 Å². The number of Topliss-reactive ketones (excluding diaryl/α,β-unsaturated/α-hetero) is 1. The molecular weight excluding hydrogens is 252 g/mol. The fourth-order valence-corrected chi connectivity index (χ4v) is 2.08. The van der Waals surface area contributed by atoms with Gasteiger partial charge in [-0.05, 0) is 31.5 Å². The fraction of sp³-hybridized carbons (Fsp3) is 0.375. The standard InChI is InChI=1S/C16H20N2O2/c1-4-8-20-15-7-5-6-13(10-15)16(19)11-14-9-12(2)17-18(14)3/h5-7,9-10H,4,8,11H2,1-3H3. The Morgan fingerprint density at radius 1 is 1.35 bits per heavy atom. The molecule has 0 spiro atoms. The lowest BCUT2D eigenvalue weighted by molar-refractivity contribution is 0.0990. The zero-order valence-corrected chi connectivity index (χ0v) is 12.2. The molecule has 1 aromatic carbocycles. The third kappa shape index (κ3) is 3.47. The van der Waals surface area contributed by atoms with Crippen LogP contribution in [-0.2, 0) is 13.5 Å². The molecule has 106 valence electrons. The average molecular weight is 272 g/mol. The lowest BCUT2D eigenvalue weighted by atomic mass is 10.1. The normalized spacial score (nSPS) is 10.6. The first-order valence-corrected chi connectivity index (χ1v) is 6.85. The molecule has 4 nitrogen and oxygen atoms in total. The molecule has 0 aliphatic rings. The minimum atomic E-state index is 0.0787. The van der Waals surface area contributed by atoms with E-state index in [-0.39, 0.29) is 5.78 Å². The van der Waals surface area contributed by atoms with E-state index in [1.54, 1.807) is 10.7 Å². The summed E-state index contributed by atoms with van der Waals surface area (Å²) < 4.78 is 7.31. The van der Waals surface area contributed by atoms with Crippen LogP contribution in [-0.4, -0.2) is 22.2 Å². The number of hydrogen-bond donors (Lipinski definition) is 0. The molecule has 0 N–H and O–H groups in total. The second-order valence-corrected chi connectivity index (χ2v) is 4.88. The summed E-state index contributed by atoms with van der Waals surface area (Å²) in [5.74, 6) is 0.828. The van der Waals surface area contributed by atoms with Crippen LogP contribution in [0.1, 0.15) is 35.1 Å². The largest absolute Gasteiger partial charge is 0.494 e. The number of hydrogen-bond acceptors (Lipinski definition) is 3. The highest BCUT2D eigenvalue weighted by Gasteiger charge is 2.11. The average Bonchev–Trinajstić information content (AvgIpc) is 2.75. The van der Waals surface area contributed by atoms with Crippen molar-refractivity contribution in [2.24, 2.45) is 7.05 Å². The summed E-state index contributed by atoms with van der Waals surface area (Å²) in [6, 6.07) is 9.30. The van der Waals surface area contributed by atoms with Gasteiger partial charge in [-0.25, -0.2) is 0 Å². The predicted octanol–water partition coefficient (Wildman–Crippen LogP) is 2.94. The summed E-state index contributed by atoms with van der Waals surface area (Å²) in [6.45, 7) is 4.64. The molecule has 0 radical (unpaired) electrons. The maximum atomic E-state index is 12.3. The van der Waals surface area contributed by atoms with E-state index in [2.05, 4.69) is 12.0 Å². The van der Waals surface area contributed by atoms with Crippen LogP contribution < -0.4 is 4.74 Å². The minimum Gasteiger partial charge on any atom is -0.494 e. The van der Waals surface area contributed by atoms with Gasteiger partial charge in [0.25, 0.3) is 0 Å². The Hall–Kier alpha value is -2.10. The second kappa shape index (κ2) is 6.37. The van der Waals surface area contributed by atoms with Crippen molar-refractivity contribution in [1.82, 2.24) is 9.78 Å². The van der Waals surface area contributed by atoms with Gasteiger partial charge in [-0.3, -0.25) is 9.48 Å². The van der Waals surface area contributed by atoms with Crippen molar-refractivity contribution >= 4 is 5.78 Å². The van der Waals surface area contributed by atoms with Crippen LogP contribution in [0.5, 0.6) is 5.75 Å². The van der Waals surface area contributed by atoms with Gasteiger partial charge < -0.3 is 4.74 Å². The van der Waals surface area contributed by atoms with Crippen LogP contribution in [0.2, 0.25) is 0 Å². The van der Waals surface area contributed by atoms with E-state index in [0.717, 1.165) is 23.6 Å². The minimum absolute atomic E-state index is 0.0787. The van der Waals surface area contributed by atoms with Gasteiger partial charge in [-0.2, -0.15) is 5.10 Å². The predicted molar refractivity (Wildman–Crippen MR) is 78.2 cm³/mol. The summed E-state index contributed by atoms with van der Waals surface area (Å²) in [4.78, 5) is 12.3. The first-order valence-electron chi connectivity index (χ1n) is 6.85. The van der Waals surface area contributed by atoms with E-state index >= 15 is 0 Å². The first kappa shape index (κ1) is 14.3. The van der Waals surface area contributed by atoms with E-state index in [9.17, 15) is 4.79 Å². The molecule has 0 aliphatic heterocycles. The lowest BCUT2D eigenvalue weighted by Gasteiger charge is -2.06. The van der Waals surface area contributed by atoms with Crippen LogP contribution in [0, 0.1) is 6.92 Å². The Morgan fingerprint density at radius 2 is 2.15 bits per heavy atom. The molecule has 0 unspecified atom stereocenters. The number of nitrogens with zero attached hydrogens (tertiary/aromatic N) is 2. The number of rotatable bonds is 6. The zero-order chi connectivity index (χ0) is 14.5. The zero-order valence-electron chi connectivity index (χ0n) is 12.2. The van der Waals surface area contributed by atoms with E-state index < -0.39 is 0 Å². The van der Waals surface area contributed by atoms with E-state index in [4.69, 9.17) is 4.74 Å². The number of aromatic nitrogens is 2. The SMILES string of the molecule is CCCOc1cccc(C(=O)Cc2cc(C)nn2C)c1. The molecule has 2 aromatic rings. The molecule has 4 heteroatoms. The molecule has 0 bridgehead atoms. The van der Waals surface area contributed by atoms with Gasteiger partial charge >= 0.3 is 0 Å². The molecule has 0 atom stereocenters. The molecule has 0 amide bonds. The Labute approximate surface area is 119 Å². The van der Waals surface area contributed by atoms with Gasteiger partial charge in [0.15, 0.2) is 5.78 Å². The van der Waals surface area contributed by atoms with Crippen molar-refractivity contribution in [3.05, 3.63) is 47.3 Å². The maximum absolute atomic E-state index is 12.3. The summed E-state index contributed by atoms with van der Waals surface area (Å²) in [5.41, 5.74) is 2.53. The summed E-state index contributed by atoms with van der Waals surface area (Å²) in [7, 11) is 1.86. The molecular formula is C16H20N2O2. The van der Waals surface area contributed by atoms with Gasteiger partial charge in [0.2, 0.25) is 0 Å². The van der Waals surface area contributed by atoms with Crippen molar-refractivity contribution < 1.29 is 9.53 Å². The molecule has 0 saturated heterocycles. The Balaban J connectivity index is 2.10. The quantitative estimate of drug-likeness (QED) is 0.759. The maximum Gasteiger partial charge on any atom is 0.168 e. The van der Waals surface area contributed by atoms with Crippen LogP contribution in [0.3, 0.4) is 0 Å². The molecule has 0 saturated carbocycles. The molecule has 2 rings (SSSR count). The van der Waals surface area contributed by atoms with Crippen molar-refractivity contribution in [1.29, 1.82) is 0 Å². The van der Waals surface area contributed by atoms with Crippen LogP contribution in [0.25, 0.3) is 0 Å². The van der Waals surface area contributed by atoms with Gasteiger partial charge in [0, 0.05) is 18.3 Å². The third-order valence-corrected chi connectivity index (χ3v) is 3.07. The summed E-state index contributed by atoms with van der Waals surface area (Å²) in [6.07, 6.45) is 1.31. The van der Waals surface area contributed by atoms with Gasteiger partial charge in [0.1, 0.15) is 5.75 Å². The molecule has 1 aromatic heterocycles. The highest BCUT2D eigenvalue weighted by Crippen LogP contribution is 2.16. The lowest BCUT2D eigenvalue weighted by Crippen LogP contribution is -2.08. The Morgan fingerprint density at radius 3 is 2.80 bits per heavy atom. The van der Waals surface area contributed by atoms with E-state index in [1.807, 2.05) is 38.2 Å². The number of carbonyl (C=O) groups is 1. The monoisotopic (exact) mass is 272 g/mol. The molecule has 20 heavy (non-hydrogen) atoms. The topological polar surface area (TPSA) is 44.1 Å². The van der Waals surface area contributed by atoms with Crippen LogP contribution in [0.15, 0.2) is 30.3 Å². The van der Waals surface area contributed by atoms with Crippen LogP contribution in [0.4, 0.5) is 0 Å². The van der Waals surface area contributed by atoms with Crippen LogP contribution >= 0.6 is 0 Å². The molecule has 0 aliphatic carbocycles. The highest BCUT2D eigenvalue weighted by molar-refractivity contribution is 5.97. The molecule has 0 fully saturated rings. The van der Waals surface area contributed by atoms with Crippen molar-refractivity contribution in [2.75, 3.05) is 6.61 Å². The van der Waals surface area contributed by atoms with E-state index in [0.29, 0.717) is 18.6 Å². The van der Waals surface area contributed by atoms with Crippen molar-refractivity contribution in [2.45, 2.75) is 26.7 Å². The van der Waals surface area contributed by atoms with Gasteiger partial charge in [0.05, 0.1) is 18.7 Å². The van der Waals surface area contributed by atoms with Gasteiger partial charge in [-0.15, -0.1) is 0 Å². The number of benzene rings is 1. The smallest absolute Gasteiger partial charge is 0.168 e. The third-order valence-electron chi connectivity index (χ3n) is 3.07. The number of ether oxygens (including phenoxy) is 1. The Bertz CT molecular complexity index is 602. The number of carbonyl (C=O) groups excluding carboxylic acids is 1. The summed E-state index contributed by atoms with van der Waals surface area (Å²) >= 11 is 0. The highest BCUT2D eigenvalue weighted by atomic mass is 16.5.